The lowest BCUT2D eigenvalue weighted by atomic mass is 10.00. The van der Waals surface area contributed by atoms with Crippen LogP contribution >= 0.6 is 11.8 Å². The van der Waals surface area contributed by atoms with E-state index in [0.29, 0.717) is 17.7 Å². The molecule has 0 bridgehead atoms. The van der Waals surface area contributed by atoms with Gasteiger partial charge in [0.1, 0.15) is 23.9 Å². The third-order valence-corrected chi connectivity index (χ3v) is 6.19. The van der Waals surface area contributed by atoms with Crippen LogP contribution in [0.3, 0.4) is 0 Å². The second kappa shape index (κ2) is 15.4. The molecule has 0 saturated heterocycles. The molecule has 0 saturated carbocycles. The fourth-order valence-electron chi connectivity index (χ4n) is 3.52. The molecule has 0 fully saturated rings. The summed E-state index contributed by atoms with van der Waals surface area (Å²) >= 11 is 1.48. The quantitative estimate of drug-likeness (QED) is 0.199. The van der Waals surface area contributed by atoms with Crippen molar-refractivity contribution in [3.8, 4) is 5.75 Å². The Hall–Kier alpha value is -2.79. The first-order chi connectivity index (χ1) is 16.8. The van der Waals surface area contributed by atoms with Crippen molar-refractivity contribution in [2.75, 3.05) is 12.0 Å². The number of hydrogen-bond donors (Lipinski definition) is 6. The third-order valence-electron chi connectivity index (χ3n) is 5.54. The number of hydrogen-bond acceptors (Lipinski definition) is 7. The largest absolute Gasteiger partial charge is 0.508 e. The van der Waals surface area contributed by atoms with Gasteiger partial charge in [0.2, 0.25) is 17.7 Å². The number of nitrogens with one attached hydrogen (secondary N) is 3. The van der Waals surface area contributed by atoms with Crippen molar-refractivity contribution in [1.82, 2.24) is 16.0 Å². The van der Waals surface area contributed by atoms with Gasteiger partial charge in [-0.1, -0.05) is 39.8 Å². The molecule has 0 aliphatic heterocycles. The van der Waals surface area contributed by atoms with Gasteiger partial charge in [-0.15, -0.1) is 0 Å². The monoisotopic (exact) mass is 524 g/mol. The number of carbonyl (C=O) groups is 4. The molecule has 7 N–H and O–H groups in total. The van der Waals surface area contributed by atoms with E-state index < -0.39 is 47.9 Å². The lowest BCUT2D eigenvalue weighted by molar-refractivity contribution is -0.142. The van der Waals surface area contributed by atoms with Crippen molar-refractivity contribution in [2.24, 2.45) is 17.6 Å². The molecule has 4 atom stereocenters. The van der Waals surface area contributed by atoms with Gasteiger partial charge in [0.25, 0.3) is 0 Å². The predicted octanol–water partition coefficient (Wildman–Crippen LogP) is 1.26. The average molecular weight is 525 g/mol. The molecule has 1 aromatic carbocycles. The Bertz CT molecular complexity index is 878. The van der Waals surface area contributed by atoms with Crippen LogP contribution in [0, 0.1) is 11.8 Å². The summed E-state index contributed by atoms with van der Waals surface area (Å²) in [5.41, 5.74) is 6.57. The zero-order valence-corrected chi connectivity index (χ0v) is 22.4. The van der Waals surface area contributed by atoms with Gasteiger partial charge in [-0.25, -0.2) is 4.79 Å². The topological polar surface area (TPSA) is 171 Å². The second-order valence-corrected chi connectivity index (χ2v) is 10.6. The maximum Gasteiger partial charge on any atom is 0.326 e. The number of carboxylic acids is 1. The molecule has 0 aliphatic carbocycles. The Morgan fingerprint density at radius 2 is 1.50 bits per heavy atom. The van der Waals surface area contributed by atoms with E-state index in [-0.39, 0.29) is 30.4 Å². The van der Waals surface area contributed by atoms with Crippen molar-refractivity contribution in [3.63, 3.8) is 0 Å². The van der Waals surface area contributed by atoms with Crippen molar-refractivity contribution >= 4 is 35.5 Å². The number of phenols is 1. The van der Waals surface area contributed by atoms with Crippen LogP contribution in [0.2, 0.25) is 0 Å². The number of rotatable bonds is 15. The van der Waals surface area contributed by atoms with E-state index in [1.165, 1.54) is 23.9 Å². The van der Waals surface area contributed by atoms with Crippen LogP contribution < -0.4 is 21.7 Å². The minimum Gasteiger partial charge on any atom is -0.508 e. The molecule has 202 valence electrons. The van der Waals surface area contributed by atoms with Crippen molar-refractivity contribution in [3.05, 3.63) is 29.8 Å². The Kier molecular flexibility index (Phi) is 13.3. The molecule has 11 heteroatoms. The Balaban J connectivity index is 2.96. The normalized spacial score (nSPS) is 14.6. The van der Waals surface area contributed by atoms with E-state index >= 15 is 0 Å². The van der Waals surface area contributed by atoms with Gasteiger partial charge in [0, 0.05) is 6.42 Å². The highest BCUT2D eigenvalue weighted by molar-refractivity contribution is 7.98. The number of carbonyl (C=O) groups excluding carboxylic acids is 3. The summed E-state index contributed by atoms with van der Waals surface area (Å²) in [6.45, 7) is 7.43. The predicted molar refractivity (Wildman–Crippen MR) is 141 cm³/mol. The maximum atomic E-state index is 13.1. The van der Waals surface area contributed by atoms with Gasteiger partial charge in [-0.05, 0) is 54.4 Å². The molecule has 1 aromatic rings. The Morgan fingerprint density at radius 1 is 0.917 bits per heavy atom. The lowest BCUT2D eigenvalue weighted by Gasteiger charge is -2.27. The molecule has 4 unspecified atom stereocenters. The summed E-state index contributed by atoms with van der Waals surface area (Å²) in [6, 6.07) is 2.13. The van der Waals surface area contributed by atoms with Crippen LogP contribution in [0.4, 0.5) is 0 Å². The first-order valence-electron chi connectivity index (χ1n) is 12.0. The molecule has 10 nitrogen and oxygen atoms in total. The van der Waals surface area contributed by atoms with Crippen molar-refractivity contribution in [2.45, 2.75) is 71.1 Å². The van der Waals surface area contributed by atoms with Crippen molar-refractivity contribution < 1.29 is 29.4 Å². The van der Waals surface area contributed by atoms with E-state index in [4.69, 9.17) is 5.73 Å². The van der Waals surface area contributed by atoms with E-state index in [9.17, 15) is 29.4 Å². The molecule has 1 rings (SSSR count). The minimum atomic E-state index is -1.23. The van der Waals surface area contributed by atoms with Gasteiger partial charge >= 0.3 is 5.97 Å². The van der Waals surface area contributed by atoms with Gasteiger partial charge in [0.15, 0.2) is 0 Å². The minimum absolute atomic E-state index is 0.00294. The molecule has 36 heavy (non-hydrogen) atoms. The van der Waals surface area contributed by atoms with Crippen LogP contribution in [0.1, 0.15) is 46.1 Å². The number of benzene rings is 1. The zero-order valence-electron chi connectivity index (χ0n) is 21.6. The lowest BCUT2D eigenvalue weighted by Crippen LogP contribution is -2.58. The van der Waals surface area contributed by atoms with Gasteiger partial charge in [-0.3, -0.25) is 14.4 Å². The van der Waals surface area contributed by atoms with Gasteiger partial charge < -0.3 is 31.9 Å². The van der Waals surface area contributed by atoms with E-state index in [0.717, 1.165) is 0 Å². The van der Waals surface area contributed by atoms with Gasteiger partial charge in [-0.2, -0.15) is 11.8 Å². The summed E-state index contributed by atoms with van der Waals surface area (Å²) in [7, 11) is 0. The number of thioether (sulfide) groups is 1. The van der Waals surface area contributed by atoms with Crippen molar-refractivity contribution in [1.29, 1.82) is 0 Å². The fraction of sp³-hybridized carbons (Fsp3) is 0.600. The molecule has 0 spiro atoms. The van der Waals surface area contributed by atoms with Gasteiger partial charge in [0.05, 0.1) is 6.04 Å². The summed E-state index contributed by atoms with van der Waals surface area (Å²) in [6.07, 6.45) is 2.60. The first kappa shape index (κ1) is 31.2. The summed E-state index contributed by atoms with van der Waals surface area (Å²) in [5.74, 6) is -2.31. The molecule has 0 heterocycles. The van der Waals surface area contributed by atoms with Crippen LogP contribution in [-0.4, -0.2) is 70.1 Å². The number of phenolic OH excluding ortho intramolecular Hbond substituents is 1. The summed E-state index contributed by atoms with van der Waals surface area (Å²) < 4.78 is 0. The molecule has 3 amide bonds. The van der Waals surface area contributed by atoms with Crippen LogP contribution in [-0.2, 0) is 25.6 Å². The van der Waals surface area contributed by atoms with E-state index in [1.807, 2.05) is 20.1 Å². The van der Waals surface area contributed by atoms with Crippen LogP contribution in [0.25, 0.3) is 0 Å². The highest BCUT2D eigenvalue weighted by Crippen LogP contribution is 2.12. The molecule has 0 aliphatic rings. The average Bonchev–Trinajstić information content (AvgIpc) is 2.79. The van der Waals surface area contributed by atoms with Crippen LogP contribution in [0.5, 0.6) is 5.75 Å². The number of amides is 3. The Morgan fingerprint density at radius 3 is 2.00 bits per heavy atom. The fourth-order valence-corrected chi connectivity index (χ4v) is 3.99. The number of aliphatic carboxylic acids is 1. The molecular formula is C25H40N4O6S. The number of nitrogens with two attached hydrogens (primary N) is 1. The summed E-state index contributed by atoms with van der Waals surface area (Å²) in [5, 5.41) is 27.0. The zero-order chi connectivity index (χ0) is 27.4. The van der Waals surface area contributed by atoms with Crippen LogP contribution in [0.15, 0.2) is 24.3 Å². The number of carboxylic acid groups (broad SMARTS) is 1. The summed E-state index contributed by atoms with van der Waals surface area (Å²) in [4.78, 5) is 50.5. The standard InChI is InChI=1S/C25H40N4O6S/c1-14(2)12-18(26)22(31)29-21(15(3)4)24(33)27-19(10-11-36-5)23(32)28-20(25(34)35)13-16-6-8-17(30)9-7-16/h6-9,14-15,18-21,30H,10-13,26H2,1-5H3,(H,27,33)(H,28,32)(H,29,31)(H,34,35). The maximum absolute atomic E-state index is 13.1. The number of aromatic hydroxyl groups is 1. The second-order valence-electron chi connectivity index (χ2n) is 9.58. The molecule has 0 aromatic heterocycles. The highest BCUT2D eigenvalue weighted by atomic mass is 32.2. The Labute approximate surface area is 217 Å². The first-order valence-corrected chi connectivity index (χ1v) is 13.4. The SMILES string of the molecule is CSCCC(NC(=O)C(NC(=O)C(N)CC(C)C)C(C)C)C(=O)NC(Cc1ccc(O)cc1)C(=O)O. The molecular weight excluding hydrogens is 484 g/mol. The van der Waals surface area contributed by atoms with E-state index in [1.54, 1.807) is 26.0 Å². The smallest absolute Gasteiger partial charge is 0.326 e. The third kappa shape index (κ3) is 10.9. The molecule has 0 radical (unpaired) electrons. The van der Waals surface area contributed by atoms with E-state index in [2.05, 4.69) is 16.0 Å². The highest BCUT2D eigenvalue weighted by Gasteiger charge is 2.31.